The number of phenols is 1. The van der Waals surface area contributed by atoms with E-state index >= 15 is 0 Å². The van der Waals surface area contributed by atoms with Crippen LogP contribution in [0.15, 0.2) is 42.7 Å². The van der Waals surface area contributed by atoms with Crippen LogP contribution in [0.4, 0.5) is 0 Å². The van der Waals surface area contributed by atoms with E-state index in [-0.39, 0.29) is 0 Å². The number of aromatic hydroxyl groups is 1. The highest BCUT2D eigenvalue weighted by Crippen LogP contribution is 2.25. The molecule has 76 valence electrons. The summed E-state index contributed by atoms with van der Waals surface area (Å²) in [6, 6.07) is 9.58. The number of aromatic nitrogens is 1. The Bertz CT molecular complexity index is 474. The molecule has 2 rings (SSSR count). The van der Waals surface area contributed by atoms with E-state index < -0.39 is 0 Å². The van der Waals surface area contributed by atoms with Gasteiger partial charge in [-0.15, -0.1) is 0 Å². The highest BCUT2D eigenvalue weighted by Gasteiger charge is 2.03. The summed E-state index contributed by atoms with van der Waals surface area (Å²) in [7, 11) is 1.99. The zero-order valence-electron chi connectivity index (χ0n) is 8.94. The van der Waals surface area contributed by atoms with Crippen LogP contribution in [0.3, 0.4) is 0 Å². The van der Waals surface area contributed by atoms with Gasteiger partial charge in [-0.25, -0.2) is 4.57 Å². The summed E-state index contributed by atoms with van der Waals surface area (Å²) in [4.78, 5) is 0. The van der Waals surface area contributed by atoms with Crippen molar-refractivity contribution in [3.8, 4) is 16.9 Å². The molecule has 2 aromatic rings. The number of pyridine rings is 1. The third-order valence-corrected chi connectivity index (χ3v) is 2.50. The summed E-state index contributed by atoms with van der Waals surface area (Å²) in [6.45, 7) is 2.00. The summed E-state index contributed by atoms with van der Waals surface area (Å²) in [5.74, 6) is 0.317. The standard InChI is InChI=1S/C13H13NO/c1-10-9-12(15)3-4-13(10)11-5-7-14(2)8-6-11/h3-9H,1-2H3/p+1. The monoisotopic (exact) mass is 200 g/mol. The molecule has 0 aliphatic heterocycles. The number of aryl methyl sites for hydroxylation is 2. The van der Waals surface area contributed by atoms with Crippen LogP contribution >= 0.6 is 0 Å². The lowest BCUT2D eigenvalue weighted by Crippen LogP contribution is -2.25. The van der Waals surface area contributed by atoms with Crippen LogP contribution in [0.25, 0.3) is 11.1 Å². The maximum atomic E-state index is 9.32. The van der Waals surface area contributed by atoms with E-state index in [2.05, 4.69) is 12.1 Å². The highest BCUT2D eigenvalue weighted by atomic mass is 16.3. The van der Waals surface area contributed by atoms with E-state index in [1.165, 1.54) is 5.56 Å². The van der Waals surface area contributed by atoms with Crippen molar-refractivity contribution in [1.29, 1.82) is 0 Å². The van der Waals surface area contributed by atoms with Crippen molar-refractivity contribution in [3.63, 3.8) is 0 Å². The third-order valence-electron chi connectivity index (χ3n) is 2.50. The van der Waals surface area contributed by atoms with Gasteiger partial charge in [0, 0.05) is 12.1 Å². The first kappa shape index (κ1) is 9.71. The van der Waals surface area contributed by atoms with Gasteiger partial charge < -0.3 is 5.11 Å². The van der Waals surface area contributed by atoms with E-state index in [0.717, 1.165) is 11.1 Å². The van der Waals surface area contributed by atoms with Crippen molar-refractivity contribution in [1.82, 2.24) is 0 Å². The van der Waals surface area contributed by atoms with E-state index in [0.29, 0.717) is 5.75 Å². The van der Waals surface area contributed by atoms with Gasteiger partial charge in [-0.05, 0) is 35.7 Å². The van der Waals surface area contributed by atoms with Crippen LogP contribution in [-0.2, 0) is 7.05 Å². The van der Waals surface area contributed by atoms with Crippen LogP contribution in [0.1, 0.15) is 5.56 Å². The summed E-state index contributed by atoms with van der Waals surface area (Å²) in [6.07, 6.45) is 4.03. The van der Waals surface area contributed by atoms with Gasteiger partial charge in [0.25, 0.3) is 0 Å². The fourth-order valence-electron chi connectivity index (χ4n) is 1.65. The predicted octanol–water partition coefficient (Wildman–Crippen LogP) is 2.19. The number of phenolic OH excluding ortho intramolecular Hbond substituents is 1. The Balaban J connectivity index is 2.49. The van der Waals surface area contributed by atoms with E-state index in [9.17, 15) is 5.11 Å². The van der Waals surface area contributed by atoms with E-state index in [1.54, 1.807) is 12.1 Å². The Hall–Kier alpha value is -1.83. The van der Waals surface area contributed by atoms with Crippen LogP contribution in [0, 0.1) is 6.92 Å². The molecule has 0 amide bonds. The van der Waals surface area contributed by atoms with Crippen molar-refractivity contribution in [2.24, 2.45) is 7.05 Å². The van der Waals surface area contributed by atoms with Gasteiger partial charge in [0.1, 0.15) is 12.8 Å². The minimum atomic E-state index is 0.317. The van der Waals surface area contributed by atoms with Crippen LogP contribution in [0.2, 0.25) is 0 Å². The normalized spacial score (nSPS) is 10.3. The second-order valence-corrected chi connectivity index (χ2v) is 3.75. The Kier molecular flexibility index (Phi) is 2.42. The van der Waals surface area contributed by atoms with Gasteiger partial charge >= 0.3 is 0 Å². The summed E-state index contributed by atoms with van der Waals surface area (Å²) >= 11 is 0. The zero-order chi connectivity index (χ0) is 10.8. The highest BCUT2D eigenvalue weighted by molar-refractivity contribution is 5.67. The molecule has 0 saturated carbocycles. The van der Waals surface area contributed by atoms with E-state index in [4.69, 9.17) is 0 Å². The molecule has 1 heterocycles. The summed E-state index contributed by atoms with van der Waals surface area (Å²) in [5.41, 5.74) is 3.42. The van der Waals surface area contributed by atoms with Crippen LogP contribution in [0.5, 0.6) is 5.75 Å². The number of rotatable bonds is 1. The molecule has 15 heavy (non-hydrogen) atoms. The Morgan fingerprint density at radius 2 is 1.73 bits per heavy atom. The molecule has 0 aliphatic rings. The Labute approximate surface area is 89.4 Å². The van der Waals surface area contributed by atoms with Gasteiger partial charge in [0.05, 0.1) is 0 Å². The van der Waals surface area contributed by atoms with Crippen molar-refractivity contribution in [2.75, 3.05) is 0 Å². The van der Waals surface area contributed by atoms with Crippen LogP contribution in [-0.4, -0.2) is 5.11 Å². The average Bonchev–Trinajstić information content (AvgIpc) is 2.20. The Morgan fingerprint density at radius 3 is 2.33 bits per heavy atom. The lowest BCUT2D eigenvalue weighted by atomic mass is 10.0. The molecule has 0 saturated heterocycles. The number of hydrogen-bond donors (Lipinski definition) is 1. The Morgan fingerprint density at radius 1 is 1.07 bits per heavy atom. The van der Waals surface area contributed by atoms with Gasteiger partial charge in [-0.1, -0.05) is 6.07 Å². The predicted molar refractivity (Wildman–Crippen MR) is 59.5 cm³/mol. The molecule has 1 N–H and O–H groups in total. The van der Waals surface area contributed by atoms with Gasteiger partial charge in [0.2, 0.25) is 0 Å². The summed E-state index contributed by atoms with van der Waals surface area (Å²) in [5, 5.41) is 9.32. The molecule has 0 atom stereocenters. The number of benzene rings is 1. The smallest absolute Gasteiger partial charge is 0.169 e. The molecule has 0 fully saturated rings. The third kappa shape index (κ3) is 1.99. The fraction of sp³-hybridized carbons (Fsp3) is 0.154. The maximum Gasteiger partial charge on any atom is 0.169 e. The molecule has 0 aliphatic carbocycles. The molecule has 2 heteroatoms. The maximum absolute atomic E-state index is 9.32. The first-order chi connectivity index (χ1) is 7.16. The molecule has 0 radical (unpaired) electrons. The molecular formula is C13H14NO+. The zero-order valence-corrected chi connectivity index (χ0v) is 8.94. The van der Waals surface area contributed by atoms with Crippen LogP contribution < -0.4 is 4.57 Å². The summed E-state index contributed by atoms with van der Waals surface area (Å²) < 4.78 is 2.00. The fourth-order valence-corrected chi connectivity index (χ4v) is 1.65. The first-order valence-electron chi connectivity index (χ1n) is 4.92. The number of hydrogen-bond acceptors (Lipinski definition) is 1. The first-order valence-corrected chi connectivity index (χ1v) is 4.92. The van der Waals surface area contributed by atoms with Gasteiger partial charge in [-0.3, -0.25) is 0 Å². The van der Waals surface area contributed by atoms with Crippen molar-refractivity contribution in [3.05, 3.63) is 48.3 Å². The molecule has 0 spiro atoms. The molecule has 0 bridgehead atoms. The van der Waals surface area contributed by atoms with Crippen molar-refractivity contribution < 1.29 is 9.67 Å². The van der Waals surface area contributed by atoms with Crippen molar-refractivity contribution in [2.45, 2.75) is 6.92 Å². The lowest BCUT2D eigenvalue weighted by molar-refractivity contribution is -0.671. The minimum Gasteiger partial charge on any atom is -0.508 e. The SMILES string of the molecule is Cc1cc(O)ccc1-c1cc[n+](C)cc1. The quantitative estimate of drug-likeness (QED) is 0.701. The molecular weight excluding hydrogens is 186 g/mol. The van der Waals surface area contributed by atoms with Gasteiger partial charge in [-0.2, -0.15) is 0 Å². The molecule has 2 nitrogen and oxygen atoms in total. The second kappa shape index (κ2) is 3.73. The van der Waals surface area contributed by atoms with Gasteiger partial charge in [0.15, 0.2) is 12.4 Å². The second-order valence-electron chi connectivity index (χ2n) is 3.75. The topological polar surface area (TPSA) is 24.1 Å². The van der Waals surface area contributed by atoms with E-state index in [1.807, 2.05) is 37.0 Å². The largest absolute Gasteiger partial charge is 0.508 e. The average molecular weight is 200 g/mol. The molecule has 0 unspecified atom stereocenters. The molecule has 1 aromatic carbocycles. The molecule has 1 aromatic heterocycles. The lowest BCUT2D eigenvalue weighted by Gasteiger charge is -2.05. The van der Waals surface area contributed by atoms with Crippen molar-refractivity contribution >= 4 is 0 Å². The number of nitrogens with zero attached hydrogens (tertiary/aromatic N) is 1. The minimum absolute atomic E-state index is 0.317.